The number of carbonyl (C=O) groups is 1. The molecule has 4 nitrogen and oxygen atoms in total. The van der Waals surface area contributed by atoms with Gasteiger partial charge < -0.3 is 14.8 Å². The highest BCUT2D eigenvalue weighted by molar-refractivity contribution is 5.80. The Bertz CT molecular complexity index is 243. The van der Waals surface area contributed by atoms with Gasteiger partial charge in [0.05, 0.1) is 13.2 Å². The van der Waals surface area contributed by atoms with Crippen molar-refractivity contribution in [1.29, 1.82) is 0 Å². The molecule has 0 aromatic rings. The van der Waals surface area contributed by atoms with Crippen molar-refractivity contribution in [2.75, 3.05) is 26.4 Å². The van der Waals surface area contributed by atoms with Crippen LogP contribution in [0.25, 0.3) is 0 Å². The van der Waals surface area contributed by atoms with Crippen LogP contribution in [0.4, 0.5) is 0 Å². The number of piperidine rings is 1. The minimum Gasteiger partial charge on any atom is -0.464 e. The summed E-state index contributed by atoms with van der Waals surface area (Å²) in [5, 5.41) is 3.26. The SMILES string of the molecule is CC1(C(=O)OCC2CCOC2)CCCCN1. The Balaban J connectivity index is 1.77. The van der Waals surface area contributed by atoms with Gasteiger partial charge in [0, 0.05) is 12.5 Å². The standard InChI is InChI=1S/C12H21NO3/c1-12(5-2-3-6-13-12)11(14)16-9-10-4-7-15-8-10/h10,13H,2-9H2,1H3. The van der Waals surface area contributed by atoms with Crippen LogP contribution < -0.4 is 5.32 Å². The Kier molecular flexibility index (Phi) is 3.82. The van der Waals surface area contributed by atoms with Gasteiger partial charge in [-0.05, 0) is 39.2 Å². The molecule has 2 heterocycles. The fourth-order valence-electron chi connectivity index (χ4n) is 2.30. The fourth-order valence-corrected chi connectivity index (χ4v) is 2.30. The van der Waals surface area contributed by atoms with Crippen LogP contribution >= 0.6 is 0 Å². The Morgan fingerprint density at radius 2 is 2.44 bits per heavy atom. The van der Waals surface area contributed by atoms with Crippen LogP contribution in [-0.4, -0.2) is 37.9 Å². The Morgan fingerprint density at radius 3 is 3.06 bits per heavy atom. The molecule has 0 aliphatic carbocycles. The monoisotopic (exact) mass is 227 g/mol. The molecule has 0 bridgehead atoms. The van der Waals surface area contributed by atoms with E-state index < -0.39 is 5.54 Å². The van der Waals surface area contributed by atoms with Gasteiger partial charge in [-0.3, -0.25) is 4.79 Å². The summed E-state index contributed by atoms with van der Waals surface area (Å²) in [6, 6.07) is 0. The zero-order chi connectivity index (χ0) is 11.4. The number of nitrogens with one attached hydrogen (secondary N) is 1. The number of hydrogen-bond acceptors (Lipinski definition) is 4. The van der Waals surface area contributed by atoms with Crippen LogP contribution in [0.5, 0.6) is 0 Å². The van der Waals surface area contributed by atoms with Crippen molar-refractivity contribution in [1.82, 2.24) is 5.32 Å². The van der Waals surface area contributed by atoms with Crippen molar-refractivity contribution in [3.8, 4) is 0 Å². The first-order chi connectivity index (χ1) is 7.71. The largest absolute Gasteiger partial charge is 0.464 e. The van der Waals surface area contributed by atoms with Crippen LogP contribution in [0.3, 0.4) is 0 Å². The van der Waals surface area contributed by atoms with Gasteiger partial charge in [-0.15, -0.1) is 0 Å². The van der Waals surface area contributed by atoms with Gasteiger partial charge in [0.15, 0.2) is 0 Å². The van der Waals surface area contributed by atoms with Gasteiger partial charge in [0.1, 0.15) is 5.54 Å². The van der Waals surface area contributed by atoms with Crippen LogP contribution in [-0.2, 0) is 14.3 Å². The zero-order valence-electron chi connectivity index (χ0n) is 9.96. The number of ether oxygens (including phenoxy) is 2. The number of rotatable bonds is 3. The van der Waals surface area contributed by atoms with E-state index in [-0.39, 0.29) is 5.97 Å². The van der Waals surface area contributed by atoms with E-state index in [0.717, 1.165) is 45.4 Å². The predicted octanol–water partition coefficient (Wildman–Crippen LogP) is 1.10. The molecule has 0 aromatic heterocycles. The van der Waals surface area contributed by atoms with Gasteiger partial charge in [0.25, 0.3) is 0 Å². The van der Waals surface area contributed by atoms with Gasteiger partial charge in [0.2, 0.25) is 0 Å². The van der Waals surface area contributed by atoms with Crippen LogP contribution in [0.1, 0.15) is 32.6 Å². The summed E-state index contributed by atoms with van der Waals surface area (Å²) in [6.45, 7) is 4.91. The van der Waals surface area contributed by atoms with E-state index in [1.54, 1.807) is 0 Å². The molecule has 2 saturated heterocycles. The van der Waals surface area contributed by atoms with Crippen molar-refractivity contribution in [2.24, 2.45) is 5.92 Å². The molecule has 2 atom stereocenters. The van der Waals surface area contributed by atoms with Crippen LogP contribution in [0, 0.1) is 5.92 Å². The highest BCUT2D eigenvalue weighted by Crippen LogP contribution is 2.21. The third kappa shape index (κ3) is 2.74. The highest BCUT2D eigenvalue weighted by atomic mass is 16.5. The quantitative estimate of drug-likeness (QED) is 0.733. The Morgan fingerprint density at radius 1 is 1.56 bits per heavy atom. The third-order valence-electron chi connectivity index (χ3n) is 3.54. The molecule has 1 N–H and O–H groups in total. The summed E-state index contributed by atoms with van der Waals surface area (Å²) >= 11 is 0. The molecule has 16 heavy (non-hydrogen) atoms. The van der Waals surface area contributed by atoms with Crippen molar-refractivity contribution >= 4 is 5.97 Å². The first-order valence-electron chi connectivity index (χ1n) is 6.21. The molecule has 0 spiro atoms. The summed E-state index contributed by atoms with van der Waals surface area (Å²) in [5.41, 5.74) is -0.461. The van der Waals surface area contributed by atoms with E-state index in [0.29, 0.717) is 12.5 Å². The van der Waals surface area contributed by atoms with Crippen LogP contribution in [0.15, 0.2) is 0 Å². The summed E-state index contributed by atoms with van der Waals surface area (Å²) in [5.74, 6) is 0.301. The fraction of sp³-hybridized carbons (Fsp3) is 0.917. The lowest BCUT2D eigenvalue weighted by molar-refractivity contribution is -0.153. The first kappa shape index (κ1) is 11.9. The molecule has 0 radical (unpaired) electrons. The van der Waals surface area contributed by atoms with Crippen molar-refractivity contribution in [3.05, 3.63) is 0 Å². The molecule has 2 aliphatic rings. The zero-order valence-corrected chi connectivity index (χ0v) is 9.96. The molecule has 0 amide bonds. The van der Waals surface area contributed by atoms with E-state index >= 15 is 0 Å². The number of carbonyl (C=O) groups excluding carboxylic acids is 1. The lowest BCUT2D eigenvalue weighted by atomic mass is 9.91. The normalized spacial score (nSPS) is 34.9. The average Bonchev–Trinajstić information content (AvgIpc) is 2.79. The topological polar surface area (TPSA) is 47.6 Å². The molecule has 0 aromatic carbocycles. The average molecular weight is 227 g/mol. The molecular weight excluding hydrogens is 206 g/mol. The van der Waals surface area contributed by atoms with E-state index in [9.17, 15) is 4.79 Å². The van der Waals surface area contributed by atoms with Crippen molar-refractivity contribution in [3.63, 3.8) is 0 Å². The van der Waals surface area contributed by atoms with Gasteiger partial charge in [-0.2, -0.15) is 0 Å². The predicted molar refractivity (Wildman–Crippen MR) is 60.1 cm³/mol. The van der Waals surface area contributed by atoms with E-state index in [4.69, 9.17) is 9.47 Å². The number of hydrogen-bond donors (Lipinski definition) is 1. The maximum Gasteiger partial charge on any atom is 0.326 e. The second-order valence-corrected chi connectivity index (χ2v) is 5.04. The number of esters is 1. The van der Waals surface area contributed by atoms with Gasteiger partial charge in [-0.1, -0.05) is 0 Å². The first-order valence-corrected chi connectivity index (χ1v) is 6.21. The minimum absolute atomic E-state index is 0.0981. The smallest absolute Gasteiger partial charge is 0.326 e. The Labute approximate surface area is 96.7 Å². The van der Waals surface area contributed by atoms with Crippen LogP contribution in [0.2, 0.25) is 0 Å². The summed E-state index contributed by atoms with van der Waals surface area (Å²) in [6.07, 6.45) is 4.15. The molecule has 0 saturated carbocycles. The molecule has 2 fully saturated rings. The lowest BCUT2D eigenvalue weighted by Crippen LogP contribution is -2.53. The van der Waals surface area contributed by atoms with E-state index in [1.165, 1.54) is 0 Å². The lowest BCUT2D eigenvalue weighted by Gasteiger charge is -2.32. The maximum absolute atomic E-state index is 12.0. The maximum atomic E-state index is 12.0. The highest BCUT2D eigenvalue weighted by Gasteiger charge is 2.36. The molecule has 2 aliphatic heterocycles. The summed E-state index contributed by atoms with van der Waals surface area (Å²) in [7, 11) is 0. The third-order valence-corrected chi connectivity index (χ3v) is 3.54. The second kappa shape index (κ2) is 5.15. The summed E-state index contributed by atoms with van der Waals surface area (Å²) < 4.78 is 10.6. The molecule has 2 unspecified atom stereocenters. The molecule has 4 heteroatoms. The van der Waals surface area contributed by atoms with Crippen molar-refractivity contribution in [2.45, 2.75) is 38.1 Å². The summed E-state index contributed by atoms with van der Waals surface area (Å²) in [4.78, 5) is 12.0. The molecule has 92 valence electrons. The van der Waals surface area contributed by atoms with E-state index in [1.807, 2.05) is 6.92 Å². The molecule has 2 rings (SSSR count). The minimum atomic E-state index is -0.461. The van der Waals surface area contributed by atoms with Gasteiger partial charge in [-0.25, -0.2) is 0 Å². The van der Waals surface area contributed by atoms with E-state index in [2.05, 4.69) is 5.32 Å². The van der Waals surface area contributed by atoms with Crippen molar-refractivity contribution < 1.29 is 14.3 Å². The van der Waals surface area contributed by atoms with Gasteiger partial charge >= 0.3 is 5.97 Å². The molecular formula is C12H21NO3. The Hall–Kier alpha value is -0.610. The second-order valence-electron chi connectivity index (χ2n) is 5.04.